The summed E-state index contributed by atoms with van der Waals surface area (Å²) in [4.78, 5) is 0. The first kappa shape index (κ1) is 18.8. The fourth-order valence-electron chi connectivity index (χ4n) is 2.89. The van der Waals surface area contributed by atoms with Crippen molar-refractivity contribution in [3.8, 4) is 0 Å². The quantitative estimate of drug-likeness (QED) is 0.633. The zero-order valence-corrected chi connectivity index (χ0v) is 17.3. The summed E-state index contributed by atoms with van der Waals surface area (Å²) in [5.41, 5.74) is 2.31. The summed E-state index contributed by atoms with van der Waals surface area (Å²) in [6.07, 6.45) is 5.14. The van der Waals surface area contributed by atoms with Crippen LogP contribution in [0.2, 0.25) is 23.2 Å². The number of rotatable bonds is 4. The smallest absolute Gasteiger partial charge is 0.192 e. The minimum Gasteiger partial charge on any atom is -0.414 e. The molecule has 130 valence electrons. The highest BCUT2D eigenvalue weighted by atomic mass is 35.5. The van der Waals surface area contributed by atoms with Gasteiger partial charge in [0, 0.05) is 22.9 Å². The highest BCUT2D eigenvalue weighted by Crippen LogP contribution is 2.39. The van der Waals surface area contributed by atoms with Crippen LogP contribution in [-0.4, -0.2) is 20.5 Å². The first-order chi connectivity index (χ1) is 10.6. The molecule has 0 bridgehead atoms. The second kappa shape index (κ2) is 7.16. The van der Waals surface area contributed by atoms with E-state index in [0.717, 1.165) is 23.4 Å². The number of halogens is 1. The van der Waals surface area contributed by atoms with Crippen LogP contribution >= 0.6 is 11.6 Å². The van der Waals surface area contributed by atoms with Gasteiger partial charge in [0.2, 0.25) is 0 Å². The third-order valence-electron chi connectivity index (χ3n) is 5.47. The lowest BCUT2D eigenvalue weighted by atomic mass is 9.93. The molecule has 1 aromatic carbocycles. The van der Waals surface area contributed by atoms with Crippen LogP contribution in [0.3, 0.4) is 0 Å². The molecule has 0 unspecified atom stereocenters. The van der Waals surface area contributed by atoms with Crippen LogP contribution in [0.5, 0.6) is 0 Å². The molecule has 1 aromatic rings. The Hall–Kier alpha value is -0.513. The molecule has 1 N–H and O–H groups in total. The summed E-state index contributed by atoms with van der Waals surface area (Å²) >= 11 is 6.10. The molecule has 4 heteroatoms. The molecule has 2 nitrogen and oxygen atoms in total. The standard InChI is InChI=1S/C19H32ClNOSi/c1-14-13-16(9-12-18(14)20)21-15-7-10-17(11-8-15)22-23(5,6)19(2,3)4/h9,12-13,15,17,21H,7-8,10-11H2,1-6H3. The SMILES string of the molecule is Cc1cc(NC2CCC(O[Si](C)(C)C(C)(C)C)CC2)ccc1Cl. The van der Waals surface area contributed by atoms with Crippen molar-refractivity contribution in [3.63, 3.8) is 0 Å². The van der Waals surface area contributed by atoms with Crippen molar-refractivity contribution in [1.29, 1.82) is 0 Å². The average Bonchev–Trinajstić information content (AvgIpc) is 2.43. The maximum absolute atomic E-state index is 6.57. The van der Waals surface area contributed by atoms with Crippen LogP contribution in [0.15, 0.2) is 18.2 Å². The lowest BCUT2D eigenvalue weighted by Crippen LogP contribution is -2.45. The molecule has 0 aliphatic heterocycles. The fourth-order valence-corrected chi connectivity index (χ4v) is 4.43. The van der Waals surface area contributed by atoms with E-state index in [1.807, 2.05) is 6.07 Å². The Kier molecular flexibility index (Phi) is 5.86. The van der Waals surface area contributed by atoms with E-state index in [1.54, 1.807) is 0 Å². The number of anilines is 1. The van der Waals surface area contributed by atoms with Gasteiger partial charge in [-0.2, -0.15) is 0 Å². The van der Waals surface area contributed by atoms with Crippen LogP contribution < -0.4 is 5.32 Å². The van der Waals surface area contributed by atoms with Gasteiger partial charge in [0.05, 0.1) is 0 Å². The predicted octanol–water partition coefficient (Wildman–Crippen LogP) is 6.39. The Morgan fingerprint density at radius 2 is 1.74 bits per heavy atom. The monoisotopic (exact) mass is 353 g/mol. The third-order valence-corrected chi connectivity index (χ3v) is 10.4. The predicted molar refractivity (Wildman–Crippen MR) is 104 cm³/mol. The third kappa shape index (κ3) is 4.98. The molecule has 0 amide bonds. The molecule has 23 heavy (non-hydrogen) atoms. The van der Waals surface area contributed by atoms with Crippen molar-refractivity contribution in [2.75, 3.05) is 5.32 Å². The van der Waals surface area contributed by atoms with Gasteiger partial charge in [0.15, 0.2) is 8.32 Å². The molecule has 1 aliphatic carbocycles. The summed E-state index contributed by atoms with van der Waals surface area (Å²) in [5.74, 6) is 0. The van der Waals surface area contributed by atoms with E-state index in [0.29, 0.717) is 17.2 Å². The molecule has 0 spiro atoms. The molecule has 0 saturated heterocycles. The normalized spacial score (nSPS) is 22.9. The van der Waals surface area contributed by atoms with Crippen molar-refractivity contribution in [1.82, 2.24) is 0 Å². The molecule has 1 fully saturated rings. The van der Waals surface area contributed by atoms with Gasteiger partial charge >= 0.3 is 0 Å². The van der Waals surface area contributed by atoms with Crippen LogP contribution in [-0.2, 0) is 4.43 Å². The molecule has 0 atom stereocenters. The van der Waals surface area contributed by atoms with Gasteiger partial charge in [-0.15, -0.1) is 0 Å². The van der Waals surface area contributed by atoms with Crippen LogP contribution in [0, 0.1) is 6.92 Å². The number of benzene rings is 1. The Morgan fingerprint density at radius 1 is 1.13 bits per heavy atom. The van der Waals surface area contributed by atoms with E-state index >= 15 is 0 Å². The molecule has 0 heterocycles. The summed E-state index contributed by atoms with van der Waals surface area (Å²) < 4.78 is 6.57. The largest absolute Gasteiger partial charge is 0.414 e. The molecule has 0 radical (unpaired) electrons. The van der Waals surface area contributed by atoms with E-state index in [4.69, 9.17) is 16.0 Å². The van der Waals surface area contributed by atoms with Crippen molar-refractivity contribution >= 4 is 25.6 Å². The van der Waals surface area contributed by atoms with Gasteiger partial charge in [-0.25, -0.2) is 0 Å². The molecular formula is C19H32ClNOSi. The molecule has 1 aliphatic rings. The number of aryl methyl sites for hydroxylation is 1. The fraction of sp³-hybridized carbons (Fsp3) is 0.684. The van der Waals surface area contributed by atoms with Gasteiger partial charge in [0.25, 0.3) is 0 Å². The number of hydrogen-bond donors (Lipinski definition) is 1. The van der Waals surface area contributed by atoms with Gasteiger partial charge < -0.3 is 9.74 Å². The van der Waals surface area contributed by atoms with E-state index in [1.165, 1.54) is 18.5 Å². The van der Waals surface area contributed by atoms with Crippen LogP contribution in [0.1, 0.15) is 52.0 Å². The Labute approximate surface area is 148 Å². The minimum absolute atomic E-state index is 0.295. The van der Waals surface area contributed by atoms with Gasteiger partial charge in [-0.05, 0) is 74.5 Å². The van der Waals surface area contributed by atoms with E-state index in [9.17, 15) is 0 Å². The van der Waals surface area contributed by atoms with Gasteiger partial charge in [-0.3, -0.25) is 0 Å². The first-order valence-corrected chi connectivity index (χ1v) is 12.1. The summed E-state index contributed by atoms with van der Waals surface area (Å²) in [7, 11) is -1.64. The molecule has 0 aromatic heterocycles. The summed E-state index contributed by atoms with van der Waals surface area (Å²) in [5, 5.41) is 4.79. The van der Waals surface area contributed by atoms with Crippen LogP contribution in [0.25, 0.3) is 0 Å². The Balaban J connectivity index is 1.85. The van der Waals surface area contributed by atoms with Crippen molar-refractivity contribution in [2.45, 2.75) is 83.7 Å². The van der Waals surface area contributed by atoms with Crippen molar-refractivity contribution in [2.24, 2.45) is 0 Å². The van der Waals surface area contributed by atoms with E-state index in [-0.39, 0.29) is 0 Å². The number of hydrogen-bond acceptors (Lipinski definition) is 2. The van der Waals surface area contributed by atoms with Crippen molar-refractivity contribution in [3.05, 3.63) is 28.8 Å². The van der Waals surface area contributed by atoms with E-state index < -0.39 is 8.32 Å². The minimum atomic E-state index is -1.64. The molecule has 2 rings (SSSR count). The van der Waals surface area contributed by atoms with Crippen LogP contribution in [0.4, 0.5) is 5.69 Å². The topological polar surface area (TPSA) is 21.3 Å². The highest BCUT2D eigenvalue weighted by molar-refractivity contribution is 6.74. The molecular weight excluding hydrogens is 322 g/mol. The van der Waals surface area contributed by atoms with Crippen molar-refractivity contribution < 1.29 is 4.43 Å². The lowest BCUT2D eigenvalue weighted by Gasteiger charge is -2.41. The van der Waals surface area contributed by atoms with E-state index in [2.05, 4.69) is 58.2 Å². The molecule has 1 saturated carbocycles. The zero-order chi connectivity index (χ0) is 17.3. The highest BCUT2D eigenvalue weighted by Gasteiger charge is 2.39. The number of nitrogens with one attached hydrogen (secondary N) is 1. The second-order valence-corrected chi connectivity index (χ2v) is 13.6. The maximum atomic E-state index is 6.57. The maximum Gasteiger partial charge on any atom is 0.192 e. The average molecular weight is 354 g/mol. The Morgan fingerprint density at radius 3 is 2.26 bits per heavy atom. The second-order valence-electron chi connectivity index (χ2n) is 8.46. The van der Waals surface area contributed by atoms with Gasteiger partial charge in [0.1, 0.15) is 0 Å². The Bertz CT molecular complexity index is 531. The van der Waals surface area contributed by atoms with Gasteiger partial charge in [-0.1, -0.05) is 32.4 Å². The lowest BCUT2D eigenvalue weighted by molar-refractivity contribution is 0.133. The summed E-state index contributed by atoms with van der Waals surface area (Å²) in [6.45, 7) is 13.7. The first-order valence-electron chi connectivity index (χ1n) is 8.79. The zero-order valence-electron chi connectivity index (χ0n) is 15.5. The summed E-state index contributed by atoms with van der Waals surface area (Å²) in [6, 6.07) is 6.74.